The summed E-state index contributed by atoms with van der Waals surface area (Å²) in [4.78, 5) is 0.856. The van der Waals surface area contributed by atoms with Crippen molar-refractivity contribution in [2.24, 2.45) is 11.8 Å². The molecule has 0 aromatic carbocycles. The van der Waals surface area contributed by atoms with Crippen LogP contribution in [0.1, 0.15) is 57.8 Å². The second-order valence-corrected chi connectivity index (χ2v) is 14.1. The Labute approximate surface area is 122 Å². The standard InChI is InChI=1S/C16H29BrSi/c1-18(2,12-6-3-4-7-12)16-11-10-13-14(16)8-5-9-15(13)17/h12-16H,3-11H2,1-2H3. The molecule has 3 fully saturated rings. The lowest BCUT2D eigenvalue weighted by Gasteiger charge is -2.42. The topological polar surface area (TPSA) is 0 Å². The minimum Gasteiger partial charge on any atom is -0.0888 e. The first-order chi connectivity index (χ1) is 8.60. The molecule has 2 heteroatoms. The molecule has 0 radical (unpaired) electrons. The third-order valence-electron chi connectivity index (χ3n) is 6.72. The van der Waals surface area contributed by atoms with Gasteiger partial charge in [-0.25, -0.2) is 0 Å². The number of hydrogen-bond donors (Lipinski definition) is 0. The van der Waals surface area contributed by atoms with E-state index in [2.05, 4.69) is 29.0 Å². The van der Waals surface area contributed by atoms with E-state index in [1.54, 1.807) is 25.7 Å². The average Bonchev–Trinajstić information content (AvgIpc) is 2.99. The maximum absolute atomic E-state index is 3.99. The first-order valence-electron chi connectivity index (χ1n) is 8.25. The molecule has 3 aliphatic carbocycles. The van der Waals surface area contributed by atoms with E-state index in [0.717, 1.165) is 27.7 Å². The molecule has 4 unspecified atom stereocenters. The molecule has 0 aromatic heterocycles. The molecule has 0 spiro atoms. The lowest BCUT2D eigenvalue weighted by atomic mass is 9.81. The first-order valence-corrected chi connectivity index (χ1v) is 12.3. The minimum atomic E-state index is -0.996. The van der Waals surface area contributed by atoms with Crippen LogP contribution in [0.3, 0.4) is 0 Å². The highest BCUT2D eigenvalue weighted by Crippen LogP contribution is 2.58. The second kappa shape index (κ2) is 5.24. The Morgan fingerprint density at radius 1 is 0.778 bits per heavy atom. The molecule has 3 aliphatic rings. The maximum atomic E-state index is 3.99. The smallest absolute Gasteiger partial charge is 0.0538 e. The van der Waals surface area contributed by atoms with E-state index >= 15 is 0 Å². The van der Waals surface area contributed by atoms with E-state index in [-0.39, 0.29) is 0 Å². The van der Waals surface area contributed by atoms with Gasteiger partial charge in [0.1, 0.15) is 0 Å². The van der Waals surface area contributed by atoms with E-state index in [9.17, 15) is 0 Å². The largest absolute Gasteiger partial charge is 0.0888 e. The zero-order chi connectivity index (χ0) is 12.8. The predicted octanol–water partition coefficient (Wildman–Crippen LogP) is 5.98. The first kappa shape index (κ1) is 13.7. The Kier molecular flexibility index (Phi) is 3.98. The van der Waals surface area contributed by atoms with Crippen LogP contribution in [0.2, 0.25) is 24.2 Å². The summed E-state index contributed by atoms with van der Waals surface area (Å²) >= 11 is 3.99. The summed E-state index contributed by atoms with van der Waals surface area (Å²) in [7, 11) is -0.996. The Hall–Kier alpha value is 0.697. The summed E-state index contributed by atoms with van der Waals surface area (Å²) < 4.78 is 0. The molecule has 3 rings (SSSR count). The fourth-order valence-corrected chi connectivity index (χ4v) is 11.5. The van der Waals surface area contributed by atoms with Gasteiger partial charge in [0.25, 0.3) is 0 Å². The summed E-state index contributed by atoms with van der Waals surface area (Å²) in [6.07, 6.45) is 13.8. The van der Waals surface area contributed by atoms with Crippen molar-refractivity contribution >= 4 is 24.0 Å². The summed E-state index contributed by atoms with van der Waals surface area (Å²) in [5.41, 5.74) is 2.32. The Morgan fingerprint density at radius 3 is 2.22 bits per heavy atom. The van der Waals surface area contributed by atoms with Crippen molar-refractivity contribution in [2.75, 3.05) is 0 Å². The highest BCUT2D eigenvalue weighted by Gasteiger charge is 2.50. The van der Waals surface area contributed by atoms with Crippen molar-refractivity contribution in [2.45, 2.75) is 86.8 Å². The van der Waals surface area contributed by atoms with Gasteiger partial charge in [-0.05, 0) is 35.8 Å². The van der Waals surface area contributed by atoms with E-state index < -0.39 is 8.07 Å². The third kappa shape index (κ3) is 2.26. The maximum Gasteiger partial charge on any atom is 0.0538 e. The van der Waals surface area contributed by atoms with Gasteiger partial charge in [0.05, 0.1) is 8.07 Å². The predicted molar refractivity (Wildman–Crippen MR) is 86.2 cm³/mol. The Bertz CT molecular complexity index is 295. The zero-order valence-electron chi connectivity index (χ0n) is 12.1. The van der Waals surface area contributed by atoms with E-state index in [4.69, 9.17) is 0 Å². The Balaban J connectivity index is 1.75. The van der Waals surface area contributed by atoms with Crippen LogP contribution in [-0.4, -0.2) is 12.9 Å². The summed E-state index contributed by atoms with van der Waals surface area (Å²) in [6.45, 7) is 5.49. The molecule has 0 N–H and O–H groups in total. The number of hydrogen-bond acceptors (Lipinski definition) is 0. The molecule has 0 nitrogen and oxygen atoms in total. The SMILES string of the molecule is C[Si](C)(C1CCCC1)C1CCC2C(Br)CCCC21. The fourth-order valence-electron chi connectivity index (χ4n) is 5.62. The van der Waals surface area contributed by atoms with Crippen LogP contribution >= 0.6 is 15.9 Å². The average molecular weight is 329 g/mol. The highest BCUT2D eigenvalue weighted by atomic mass is 79.9. The van der Waals surface area contributed by atoms with Gasteiger partial charge in [-0.15, -0.1) is 0 Å². The number of halogens is 1. The van der Waals surface area contributed by atoms with Gasteiger partial charge in [0, 0.05) is 4.83 Å². The van der Waals surface area contributed by atoms with Gasteiger partial charge >= 0.3 is 0 Å². The van der Waals surface area contributed by atoms with Crippen LogP contribution in [0.15, 0.2) is 0 Å². The van der Waals surface area contributed by atoms with Crippen LogP contribution in [0.25, 0.3) is 0 Å². The molecule has 0 aromatic rings. The normalized spacial score (nSPS) is 42.2. The molecular weight excluding hydrogens is 300 g/mol. The molecule has 3 saturated carbocycles. The molecular formula is C16H29BrSi. The third-order valence-corrected chi connectivity index (χ3v) is 13.2. The van der Waals surface area contributed by atoms with Crippen molar-refractivity contribution in [3.8, 4) is 0 Å². The van der Waals surface area contributed by atoms with E-state index in [0.29, 0.717) is 0 Å². The van der Waals surface area contributed by atoms with Crippen LogP contribution < -0.4 is 0 Å². The quantitative estimate of drug-likeness (QED) is 0.432. The lowest BCUT2D eigenvalue weighted by Crippen LogP contribution is -2.41. The van der Waals surface area contributed by atoms with Crippen molar-refractivity contribution in [1.82, 2.24) is 0 Å². The van der Waals surface area contributed by atoms with Crippen LogP contribution in [-0.2, 0) is 0 Å². The molecule has 0 saturated heterocycles. The summed E-state index contributed by atoms with van der Waals surface area (Å²) in [5, 5.41) is 0. The fraction of sp³-hybridized carbons (Fsp3) is 1.00. The van der Waals surface area contributed by atoms with Gasteiger partial charge in [0.15, 0.2) is 0 Å². The van der Waals surface area contributed by atoms with E-state index in [1.807, 2.05) is 0 Å². The van der Waals surface area contributed by atoms with E-state index in [1.165, 1.54) is 32.1 Å². The van der Waals surface area contributed by atoms with Crippen molar-refractivity contribution in [1.29, 1.82) is 0 Å². The number of alkyl halides is 1. The number of rotatable bonds is 2. The van der Waals surface area contributed by atoms with Crippen LogP contribution in [0.5, 0.6) is 0 Å². The van der Waals surface area contributed by atoms with Crippen LogP contribution in [0.4, 0.5) is 0 Å². The molecule has 0 amide bonds. The zero-order valence-corrected chi connectivity index (χ0v) is 14.7. The molecule has 0 aliphatic heterocycles. The van der Waals surface area contributed by atoms with Crippen molar-refractivity contribution in [3.63, 3.8) is 0 Å². The second-order valence-electron chi connectivity index (χ2n) is 7.76. The highest BCUT2D eigenvalue weighted by molar-refractivity contribution is 9.09. The van der Waals surface area contributed by atoms with Crippen molar-refractivity contribution in [3.05, 3.63) is 0 Å². The summed E-state index contributed by atoms with van der Waals surface area (Å²) in [6, 6.07) is 0. The lowest BCUT2D eigenvalue weighted by molar-refractivity contribution is 0.287. The monoisotopic (exact) mass is 328 g/mol. The number of fused-ring (bicyclic) bond motifs is 1. The van der Waals surface area contributed by atoms with Gasteiger partial charge in [-0.2, -0.15) is 0 Å². The van der Waals surface area contributed by atoms with Gasteiger partial charge in [-0.3, -0.25) is 0 Å². The van der Waals surface area contributed by atoms with Crippen molar-refractivity contribution < 1.29 is 0 Å². The van der Waals surface area contributed by atoms with Gasteiger partial charge < -0.3 is 0 Å². The van der Waals surface area contributed by atoms with Gasteiger partial charge in [0.2, 0.25) is 0 Å². The molecule has 0 heterocycles. The van der Waals surface area contributed by atoms with Crippen LogP contribution in [0, 0.1) is 11.8 Å². The summed E-state index contributed by atoms with van der Waals surface area (Å²) in [5.74, 6) is 2.14. The Morgan fingerprint density at radius 2 is 1.50 bits per heavy atom. The minimum absolute atomic E-state index is 0.856. The molecule has 4 atom stereocenters. The van der Waals surface area contributed by atoms with Gasteiger partial charge in [-0.1, -0.05) is 74.0 Å². The molecule has 104 valence electrons. The molecule has 0 bridgehead atoms. The molecule has 18 heavy (non-hydrogen) atoms.